The van der Waals surface area contributed by atoms with Gasteiger partial charge in [0.1, 0.15) is 15.7 Å². The van der Waals surface area contributed by atoms with E-state index in [9.17, 15) is 8.42 Å². The minimum absolute atomic E-state index is 0.0796. The van der Waals surface area contributed by atoms with Gasteiger partial charge in [0.25, 0.3) is 0 Å². The second-order valence-corrected chi connectivity index (χ2v) is 7.42. The highest BCUT2D eigenvalue weighted by Crippen LogP contribution is 2.24. The molecule has 0 aliphatic heterocycles. The van der Waals surface area contributed by atoms with Crippen LogP contribution in [0.2, 0.25) is 0 Å². The number of alkyl halides is 1. The molecule has 0 amide bonds. The van der Waals surface area contributed by atoms with E-state index in [1.54, 1.807) is 0 Å². The molecule has 0 saturated carbocycles. The smallest absolute Gasteiger partial charge is 0.149 e. The summed E-state index contributed by atoms with van der Waals surface area (Å²) in [4.78, 5) is 4.48. The molecule has 0 saturated heterocycles. The monoisotopic (exact) mass is 300 g/mol. The van der Waals surface area contributed by atoms with Crippen molar-refractivity contribution >= 4 is 32.5 Å². The zero-order valence-corrected chi connectivity index (χ0v) is 12.8. The van der Waals surface area contributed by atoms with Crippen LogP contribution in [-0.2, 0) is 15.7 Å². The summed E-state index contributed by atoms with van der Waals surface area (Å²) in [5, 5.41) is 0. The summed E-state index contributed by atoms with van der Waals surface area (Å²) in [6, 6.07) is 5.75. The van der Waals surface area contributed by atoms with Crippen molar-refractivity contribution in [3.05, 3.63) is 29.6 Å². The van der Waals surface area contributed by atoms with Crippen LogP contribution in [0.15, 0.2) is 18.2 Å². The molecule has 0 spiro atoms. The number of hydrogen-bond acceptors (Lipinski definition) is 3. The van der Waals surface area contributed by atoms with Crippen LogP contribution in [0, 0.1) is 6.92 Å². The molecule has 0 radical (unpaired) electrons. The van der Waals surface area contributed by atoms with Gasteiger partial charge >= 0.3 is 0 Å². The average Bonchev–Trinajstić information content (AvgIpc) is 2.63. The number of nitrogens with zero attached hydrogens (tertiary/aromatic N) is 2. The molecule has 0 N–H and O–H groups in total. The quantitative estimate of drug-likeness (QED) is 0.816. The van der Waals surface area contributed by atoms with Crippen molar-refractivity contribution < 1.29 is 8.42 Å². The number of rotatable bonds is 4. The van der Waals surface area contributed by atoms with E-state index in [0.717, 1.165) is 16.6 Å². The average molecular weight is 301 g/mol. The van der Waals surface area contributed by atoms with Crippen LogP contribution in [0.1, 0.15) is 24.4 Å². The van der Waals surface area contributed by atoms with Crippen molar-refractivity contribution in [3.8, 4) is 0 Å². The van der Waals surface area contributed by atoms with Gasteiger partial charge in [-0.15, -0.1) is 11.6 Å². The van der Waals surface area contributed by atoms with E-state index in [1.165, 1.54) is 6.26 Å². The fourth-order valence-corrected chi connectivity index (χ4v) is 3.57. The molecule has 4 nitrogen and oxygen atoms in total. The molecule has 104 valence electrons. The first-order valence-electron chi connectivity index (χ1n) is 6.03. The van der Waals surface area contributed by atoms with Crippen LogP contribution in [0.5, 0.6) is 0 Å². The fraction of sp³-hybridized carbons (Fsp3) is 0.462. The molecular formula is C13H17ClN2O2S. The van der Waals surface area contributed by atoms with E-state index in [-0.39, 0.29) is 17.7 Å². The van der Waals surface area contributed by atoms with Crippen molar-refractivity contribution in [1.82, 2.24) is 9.55 Å². The highest BCUT2D eigenvalue weighted by atomic mass is 35.5. The maximum Gasteiger partial charge on any atom is 0.149 e. The van der Waals surface area contributed by atoms with E-state index >= 15 is 0 Å². The first-order valence-corrected chi connectivity index (χ1v) is 8.62. The molecule has 0 aliphatic rings. The number of hydrogen-bond donors (Lipinski definition) is 0. The second-order valence-electron chi connectivity index (χ2n) is 4.97. The van der Waals surface area contributed by atoms with E-state index in [1.807, 2.05) is 36.6 Å². The van der Waals surface area contributed by atoms with Gasteiger partial charge in [-0.3, -0.25) is 0 Å². The zero-order chi connectivity index (χ0) is 14.2. The van der Waals surface area contributed by atoms with E-state index in [0.29, 0.717) is 5.82 Å². The van der Waals surface area contributed by atoms with Gasteiger partial charge in [0.2, 0.25) is 0 Å². The van der Waals surface area contributed by atoms with Crippen molar-refractivity contribution in [3.63, 3.8) is 0 Å². The lowest BCUT2D eigenvalue weighted by molar-refractivity contribution is 0.561. The summed E-state index contributed by atoms with van der Waals surface area (Å²) in [6.45, 7) is 3.87. The van der Waals surface area contributed by atoms with E-state index < -0.39 is 9.84 Å². The fourth-order valence-electron chi connectivity index (χ4n) is 2.36. The first kappa shape index (κ1) is 14.3. The molecular weight excluding hydrogens is 284 g/mol. The number of aromatic nitrogens is 2. The Labute approximate surface area is 118 Å². The molecule has 1 heterocycles. The highest BCUT2D eigenvalue weighted by molar-refractivity contribution is 7.90. The standard InChI is InChI=1S/C13H17ClN2O2S/c1-9-4-5-12-11(6-9)15-13(7-14)16(12)10(2)8-19(3,17)18/h4-6,10H,7-8H2,1-3H3. The molecule has 19 heavy (non-hydrogen) atoms. The van der Waals surface area contributed by atoms with Crippen LogP contribution < -0.4 is 0 Å². The molecule has 1 unspecified atom stereocenters. The Morgan fingerprint density at radius 2 is 2.11 bits per heavy atom. The maximum atomic E-state index is 11.5. The molecule has 1 aromatic heterocycles. The number of benzene rings is 1. The number of imidazole rings is 1. The minimum Gasteiger partial charge on any atom is -0.323 e. The number of aryl methyl sites for hydroxylation is 1. The maximum absolute atomic E-state index is 11.5. The van der Waals surface area contributed by atoms with Gasteiger partial charge in [-0.2, -0.15) is 0 Å². The minimum atomic E-state index is -3.04. The Bertz CT molecular complexity index is 707. The lowest BCUT2D eigenvalue weighted by Gasteiger charge is -2.16. The zero-order valence-electron chi connectivity index (χ0n) is 11.2. The van der Waals surface area contributed by atoms with Crippen LogP contribution >= 0.6 is 11.6 Å². The molecule has 6 heteroatoms. The summed E-state index contributed by atoms with van der Waals surface area (Å²) >= 11 is 5.93. The van der Waals surface area contributed by atoms with Gasteiger partial charge in [-0.25, -0.2) is 13.4 Å². The number of sulfone groups is 1. The van der Waals surface area contributed by atoms with Crippen molar-refractivity contribution in [1.29, 1.82) is 0 Å². The Morgan fingerprint density at radius 1 is 1.42 bits per heavy atom. The Hall–Kier alpha value is -1.07. The SMILES string of the molecule is Cc1ccc2c(c1)nc(CCl)n2C(C)CS(C)(=O)=O. The topological polar surface area (TPSA) is 52.0 Å². The van der Waals surface area contributed by atoms with Crippen molar-refractivity contribution in [2.24, 2.45) is 0 Å². The highest BCUT2D eigenvalue weighted by Gasteiger charge is 2.18. The van der Waals surface area contributed by atoms with Crippen LogP contribution in [0.25, 0.3) is 11.0 Å². The van der Waals surface area contributed by atoms with E-state index in [2.05, 4.69) is 4.98 Å². The third kappa shape index (κ3) is 3.09. The normalized spacial score (nSPS) is 13.9. The molecule has 2 aromatic rings. The predicted molar refractivity (Wildman–Crippen MR) is 78.4 cm³/mol. The lowest BCUT2D eigenvalue weighted by atomic mass is 10.2. The molecule has 1 aromatic carbocycles. The molecule has 0 fully saturated rings. The summed E-state index contributed by atoms with van der Waals surface area (Å²) in [7, 11) is -3.04. The Balaban J connectivity index is 2.57. The van der Waals surface area contributed by atoms with Gasteiger partial charge in [0.05, 0.1) is 22.7 Å². The second kappa shape index (κ2) is 5.13. The van der Waals surface area contributed by atoms with Crippen LogP contribution in [-0.4, -0.2) is 30.0 Å². The summed E-state index contributed by atoms with van der Waals surface area (Å²) in [5.41, 5.74) is 2.91. The van der Waals surface area contributed by atoms with Gasteiger partial charge in [-0.05, 0) is 31.5 Å². The molecule has 0 aliphatic carbocycles. The van der Waals surface area contributed by atoms with Crippen molar-refractivity contribution in [2.45, 2.75) is 25.8 Å². The molecule has 1 atom stereocenters. The molecule has 2 rings (SSSR count). The Kier molecular flexibility index (Phi) is 3.87. The summed E-state index contributed by atoms with van der Waals surface area (Å²) in [5.74, 6) is 1.05. The number of fused-ring (bicyclic) bond motifs is 1. The van der Waals surface area contributed by atoms with E-state index in [4.69, 9.17) is 11.6 Å². The van der Waals surface area contributed by atoms with Gasteiger partial charge in [-0.1, -0.05) is 6.07 Å². The van der Waals surface area contributed by atoms with Crippen molar-refractivity contribution in [2.75, 3.05) is 12.0 Å². The third-order valence-corrected chi connectivity index (χ3v) is 4.35. The summed E-state index contributed by atoms with van der Waals surface area (Å²) < 4.78 is 24.8. The van der Waals surface area contributed by atoms with Gasteiger partial charge in [0, 0.05) is 12.3 Å². The summed E-state index contributed by atoms with van der Waals surface area (Å²) in [6.07, 6.45) is 1.24. The van der Waals surface area contributed by atoms with Gasteiger partial charge < -0.3 is 4.57 Å². The van der Waals surface area contributed by atoms with Crippen LogP contribution in [0.4, 0.5) is 0 Å². The predicted octanol–water partition coefficient (Wildman–Crippen LogP) is 2.69. The lowest BCUT2D eigenvalue weighted by Crippen LogP contribution is -2.18. The first-order chi connectivity index (χ1) is 8.81. The van der Waals surface area contributed by atoms with Gasteiger partial charge in [0.15, 0.2) is 0 Å². The van der Waals surface area contributed by atoms with Crippen LogP contribution in [0.3, 0.4) is 0 Å². The third-order valence-electron chi connectivity index (χ3n) is 3.02. The Morgan fingerprint density at radius 3 is 2.68 bits per heavy atom. The largest absolute Gasteiger partial charge is 0.323 e. The molecule has 0 bridgehead atoms. The number of halogens is 1.